The van der Waals surface area contributed by atoms with Gasteiger partial charge < -0.3 is 10.1 Å². The van der Waals surface area contributed by atoms with Gasteiger partial charge in [-0.25, -0.2) is 9.55 Å². The van der Waals surface area contributed by atoms with E-state index in [0.717, 1.165) is 22.3 Å². The molecule has 0 fully saturated rings. The molecule has 0 spiro atoms. The van der Waals surface area contributed by atoms with Gasteiger partial charge in [0.05, 0.1) is 11.0 Å². The Morgan fingerprint density at radius 2 is 1.52 bits per heavy atom. The maximum absolute atomic E-state index is 9.80. The molecule has 3 heterocycles. The first-order valence-corrected chi connectivity index (χ1v) is 10.2. The van der Waals surface area contributed by atoms with Crippen molar-refractivity contribution in [2.75, 3.05) is 0 Å². The Bertz CT molecular complexity index is 1480. The van der Waals surface area contributed by atoms with Gasteiger partial charge >= 0.3 is 6.01 Å². The number of imidazole rings is 1. The summed E-state index contributed by atoms with van der Waals surface area (Å²) in [5.41, 5.74) is 3.64. The van der Waals surface area contributed by atoms with Crippen molar-refractivity contribution in [2.45, 2.75) is 0 Å². The molecule has 3 aromatic carbocycles. The number of para-hydroxylation sites is 2. The van der Waals surface area contributed by atoms with Gasteiger partial charge in [-0.15, -0.1) is 35.9 Å². The molecule has 6 heteroatoms. The average molecular weight is 608 g/mol. The number of hydrogen-bond acceptors (Lipinski definition) is 4. The van der Waals surface area contributed by atoms with Crippen LogP contribution in [0.2, 0.25) is 0 Å². The van der Waals surface area contributed by atoms with Crippen LogP contribution in [-0.2, 0) is 20.1 Å². The third-order valence-corrected chi connectivity index (χ3v) is 5.06. The fourth-order valence-electron chi connectivity index (χ4n) is 3.60. The number of hydrogen-bond donors (Lipinski definition) is 1. The fraction of sp³-hybridized carbons (Fsp3) is 0. The summed E-state index contributed by atoms with van der Waals surface area (Å²) < 4.78 is 1.62. The molecular formula is C27H19IrN4O-. The van der Waals surface area contributed by atoms with Crippen LogP contribution in [0.4, 0.5) is 0 Å². The number of rotatable bonds is 2. The molecule has 0 unspecified atom stereocenters. The molecule has 0 bridgehead atoms. The SMILES string of the molecule is Oc1nc2ccccc2n1-c1ccccn1.[Ir].[c-]1ccccc1-c1nccc2ccccc12. The molecule has 1 radical (unpaired) electrons. The zero-order valence-corrected chi connectivity index (χ0v) is 19.9. The second kappa shape index (κ2) is 10.2. The van der Waals surface area contributed by atoms with Crippen molar-refractivity contribution in [3.8, 4) is 23.1 Å². The Labute approximate surface area is 204 Å². The molecule has 0 amide bonds. The quantitative estimate of drug-likeness (QED) is 0.252. The van der Waals surface area contributed by atoms with Crippen molar-refractivity contribution in [3.05, 3.63) is 116 Å². The van der Waals surface area contributed by atoms with Gasteiger partial charge in [0.2, 0.25) is 0 Å². The predicted molar refractivity (Wildman–Crippen MR) is 127 cm³/mol. The van der Waals surface area contributed by atoms with E-state index in [9.17, 15) is 5.11 Å². The minimum Gasteiger partial charge on any atom is -0.480 e. The second-order valence-electron chi connectivity index (χ2n) is 7.08. The standard InChI is InChI=1S/C15H10N.C12H9N3O.Ir/c1-2-7-13(8-3-1)15-14-9-5-4-6-12(14)10-11-16-15;16-12-14-9-5-1-2-6-10(9)15(12)11-7-3-4-8-13-11;/h1-7,9-11H;1-8H,(H,14,16);/q-1;;. The molecule has 0 aliphatic heterocycles. The molecule has 3 aromatic heterocycles. The molecule has 0 aliphatic rings. The summed E-state index contributed by atoms with van der Waals surface area (Å²) in [5.74, 6) is 0.661. The number of fused-ring (bicyclic) bond motifs is 2. The van der Waals surface area contributed by atoms with Crippen LogP contribution in [0.5, 0.6) is 6.01 Å². The normalized spacial score (nSPS) is 10.3. The summed E-state index contributed by atoms with van der Waals surface area (Å²) >= 11 is 0. The zero-order chi connectivity index (χ0) is 21.8. The van der Waals surface area contributed by atoms with Crippen LogP contribution in [0.25, 0.3) is 38.9 Å². The number of benzene rings is 3. The minimum absolute atomic E-state index is 0. The molecule has 0 atom stereocenters. The van der Waals surface area contributed by atoms with Gasteiger partial charge in [-0.05, 0) is 46.8 Å². The Hall–Kier alpha value is -3.86. The van der Waals surface area contributed by atoms with Crippen molar-refractivity contribution in [3.63, 3.8) is 0 Å². The van der Waals surface area contributed by atoms with E-state index >= 15 is 0 Å². The Kier molecular flexibility index (Phi) is 6.89. The van der Waals surface area contributed by atoms with E-state index in [1.807, 2.05) is 91.1 Å². The third kappa shape index (κ3) is 4.67. The number of aromatic nitrogens is 4. The van der Waals surface area contributed by atoms with Gasteiger partial charge in [0.1, 0.15) is 5.82 Å². The summed E-state index contributed by atoms with van der Waals surface area (Å²) in [7, 11) is 0. The second-order valence-corrected chi connectivity index (χ2v) is 7.08. The van der Waals surface area contributed by atoms with E-state index in [1.165, 1.54) is 10.8 Å². The van der Waals surface area contributed by atoms with Crippen LogP contribution in [0, 0.1) is 6.07 Å². The fourth-order valence-corrected chi connectivity index (χ4v) is 3.60. The Balaban J connectivity index is 0.000000152. The molecule has 0 saturated carbocycles. The van der Waals surface area contributed by atoms with Crippen molar-refractivity contribution >= 4 is 21.8 Å². The number of pyridine rings is 2. The van der Waals surface area contributed by atoms with E-state index in [4.69, 9.17) is 0 Å². The third-order valence-electron chi connectivity index (χ3n) is 5.06. The number of aromatic hydroxyl groups is 1. The molecular weight excluding hydrogens is 589 g/mol. The van der Waals surface area contributed by atoms with Crippen molar-refractivity contribution in [1.82, 2.24) is 19.5 Å². The first kappa shape index (κ1) is 22.3. The van der Waals surface area contributed by atoms with Crippen LogP contribution in [0.3, 0.4) is 0 Å². The maximum atomic E-state index is 9.80. The van der Waals surface area contributed by atoms with E-state index in [-0.39, 0.29) is 26.1 Å². The average Bonchev–Trinajstić information content (AvgIpc) is 3.21. The Morgan fingerprint density at radius 1 is 0.727 bits per heavy atom. The van der Waals surface area contributed by atoms with E-state index in [2.05, 4.69) is 33.2 Å². The topological polar surface area (TPSA) is 63.8 Å². The largest absolute Gasteiger partial charge is 0.480 e. The maximum Gasteiger partial charge on any atom is 0.300 e. The molecule has 163 valence electrons. The van der Waals surface area contributed by atoms with Crippen molar-refractivity contribution in [1.29, 1.82) is 0 Å². The summed E-state index contributed by atoms with van der Waals surface area (Å²) in [6, 6.07) is 34.5. The summed E-state index contributed by atoms with van der Waals surface area (Å²) in [6.45, 7) is 0. The molecule has 1 N–H and O–H groups in total. The first-order valence-electron chi connectivity index (χ1n) is 10.2. The smallest absolute Gasteiger partial charge is 0.300 e. The minimum atomic E-state index is -0.0418. The van der Waals surface area contributed by atoms with Gasteiger partial charge in [-0.3, -0.25) is 0 Å². The van der Waals surface area contributed by atoms with Gasteiger partial charge in [0.15, 0.2) is 0 Å². The van der Waals surface area contributed by atoms with Crippen LogP contribution < -0.4 is 0 Å². The predicted octanol–water partition coefficient (Wildman–Crippen LogP) is 5.83. The van der Waals surface area contributed by atoms with Gasteiger partial charge in [-0.2, -0.15) is 4.98 Å². The van der Waals surface area contributed by atoms with Crippen LogP contribution in [0.15, 0.2) is 109 Å². The van der Waals surface area contributed by atoms with Gasteiger partial charge in [0.25, 0.3) is 0 Å². The van der Waals surface area contributed by atoms with Gasteiger partial charge in [0, 0.05) is 32.5 Å². The van der Waals surface area contributed by atoms with Crippen LogP contribution in [-0.4, -0.2) is 24.6 Å². The number of nitrogens with zero attached hydrogens (tertiary/aromatic N) is 4. The first-order chi connectivity index (χ1) is 15.8. The molecule has 33 heavy (non-hydrogen) atoms. The van der Waals surface area contributed by atoms with Crippen molar-refractivity contribution < 1.29 is 25.2 Å². The van der Waals surface area contributed by atoms with Crippen LogP contribution in [0.1, 0.15) is 0 Å². The summed E-state index contributed by atoms with van der Waals surface area (Å²) in [4.78, 5) is 12.7. The van der Waals surface area contributed by atoms with E-state index in [0.29, 0.717) is 5.82 Å². The molecule has 5 nitrogen and oxygen atoms in total. The zero-order valence-electron chi connectivity index (χ0n) is 17.5. The van der Waals surface area contributed by atoms with E-state index in [1.54, 1.807) is 10.8 Å². The van der Waals surface area contributed by atoms with Crippen molar-refractivity contribution in [2.24, 2.45) is 0 Å². The Morgan fingerprint density at radius 3 is 2.33 bits per heavy atom. The summed E-state index contributed by atoms with van der Waals surface area (Å²) in [6.07, 6.45) is 3.53. The van der Waals surface area contributed by atoms with Gasteiger partial charge in [-0.1, -0.05) is 42.5 Å². The van der Waals surface area contributed by atoms with Crippen LogP contribution >= 0.6 is 0 Å². The monoisotopic (exact) mass is 608 g/mol. The summed E-state index contributed by atoms with van der Waals surface area (Å²) in [5, 5.41) is 12.2. The molecule has 6 aromatic rings. The molecule has 0 saturated heterocycles. The van der Waals surface area contributed by atoms with E-state index < -0.39 is 0 Å². The molecule has 0 aliphatic carbocycles. The molecule has 6 rings (SSSR count).